The molecule has 17 heavy (non-hydrogen) atoms. The largest absolute Gasteiger partial charge is 0.313 e. The van der Waals surface area contributed by atoms with Crippen LogP contribution in [0.2, 0.25) is 0 Å². The van der Waals surface area contributed by atoms with Crippen LogP contribution in [0.3, 0.4) is 0 Å². The van der Waals surface area contributed by atoms with Gasteiger partial charge in [-0.2, -0.15) is 0 Å². The van der Waals surface area contributed by atoms with Crippen molar-refractivity contribution in [2.24, 2.45) is 22.3 Å². The summed E-state index contributed by atoms with van der Waals surface area (Å²) in [4.78, 5) is 0. The Kier molecular flexibility index (Phi) is 6.16. The fraction of sp³-hybridized carbons (Fsp3) is 1.00. The van der Waals surface area contributed by atoms with Crippen LogP contribution in [-0.4, -0.2) is 5.66 Å². The van der Waals surface area contributed by atoms with Crippen molar-refractivity contribution in [3.8, 4) is 0 Å². The Balaban J connectivity index is 5.76. The van der Waals surface area contributed by atoms with Crippen LogP contribution in [0.5, 0.6) is 0 Å². The molecule has 0 aliphatic carbocycles. The molecule has 2 nitrogen and oxygen atoms in total. The number of hydrogen-bond acceptors (Lipinski definition) is 2. The third-order valence-electron chi connectivity index (χ3n) is 5.73. The second-order valence-electron chi connectivity index (χ2n) is 5.52. The molecule has 2 heteroatoms. The average Bonchev–Trinajstić information content (AvgIpc) is 2.36. The summed E-state index contributed by atoms with van der Waals surface area (Å²) in [5.41, 5.74) is 12.8. The lowest BCUT2D eigenvalue weighted by molar-refractivity contribution is -0.0603. The highest BCUT2D eigenvalue weighted by Gasteiger charge is 2.54. The molecular formula is C15H34N2. The third-order valence-corrected chi connectivity index (χ3v) is 5.73. The predicted molar refractivity (Wildman–Crippen MR) is 77.7 cm³/mol. The zero-order valence-electron chi connectivity index (χ0n) is 12.9. The van der Waals surface area contributed by atoms with Gasteiger partial charge in [0.25, 0.3) is 0 Å². The van der Waals surface area contributed by atoms with E-state index in [1.807, 2.05) is 0 Å². The number of hydrogen-bond donors (Lipinski definition) is 2. The summed E-state index contributed by atoms with van der Waals surface area (Å²) in [6, 6.07) is 0. The minimum absolute atomic E-state index is 0.0486. The molecule has 0 amide bonds. The highest BCUT2D eigenvalue weighted by Crippen LogP contribution is 2.56. The summed E-state index contributed by atoms with van der Waals surface area (Å²) < 4.78 is 0. The van der Waals surface area contributed by atoms with Crippen LogP contribution in [0.15, 0.2) is 0 Å². The van der Waals surface area contributed by atoms with Gasteiger partial charge in [-0.15, -0.1) is 0 Å². The standard InChI is InChI=1S/C15H34N2/c1-7-13(8-2,9-3)14(10-4,11-5)15(16,17)12-6/h7-12,16-17H2,1-6H3. The highest BCUT2D eigenvalue weighted by molar-refractivity contribution is 5.06. The number of nitrogens with two attached hydrogens (primary N) is 2. The molecule has 0 aliphatic heterocycles. The molecular weight excluding hydrogens is 208 g/mol. The maximum Gasteiger partial charge on any atom is 0.0696 e. The monoisotopic (exact) mass is 242 g/mol. The Morgan fingerprint density at radius 1 is 0.588 bits per heavy atom. The van der Waals surface area contributed by atoms with Crippen molar-refractivity contribution in [1.29, 1.82) is 0 Å². The van der Waals surface area contributed by atoms with Crippen molar-refractivity contribution < 1.29 is 0 Å². The van der Waals surface area contributed by atoms with Crippen molar-refractivity contribution in [1.82, 2.24) is 0 Å². The van der Waals surface area contributed by atoms with Crippen molar-refractivity contribution in [3.63, 3.8) is 0 Å². The predicted octanol–water partition coefficient (Wildman–Crippen LogP) is 4.03. The topological polar surface area (TPSA) is 52.0 Å². The Bertz CT molecular complexity index is 205. The van der Waals surface area contributed by atoms with Gasteiger partial charge in [-0.3, -0.25) is 0 Å². The van der Waals surface area contributed by atoms with E-state index in [1.165, 1.54) is 0 Å². The zero-order valence-corrected chi connectivity index (χ0v) is 12.9. The van der Waals surface area contributed by atoms with Crippen LogP contribution >= 0.6 is 0 Å². The minimum atomic E-state index is -0.557. The van der Waals surface area contributed by atoms with Gasteiger partial charge in [0.2, 0.25) is 0 Å². The van der Waals surface area contributed by atoms with Crippen molar-refractivity contribution in [3.05, 3.63) is 0 Å². The first-order valence-electron chi connectivity index (χ1n) is 7.44. The molecule has 0 unspecified atom stereocenters. The van der Waals surface area contributed by atoms with Gasteiger partial charge >= 0.3 is 0 Å². The van der Waals surface area contributed by atoms with E-state index < -0.39 is 5.66 Å². The molecule has 0 spiro atoms. The Morgan fingerprint density at radius 2 is 0.941 bits per heavy atom. The van der Waals surface area contributed by atoms with E-state index in [-0.39, 0.29) is 10.8 Å². The first kappa shape index (κ1) is 16.9. The molecule has 0 aromatic carbocycles. The summed E-state index contributed by atoms with van der Waals surface area (Å²) >= 11 is 0. The van der Waals surface area contributed by atoms with Crippen molar-refractivity contribution in [2.45, 2.75) is 85.7 Å². The van der Waals surface area contributed by atoms with Gasteiger partial charge in [0.15, 0.2) is 0 Å². The maximum absolute atomic E-state index is 6.51. The summed E-state index contributed by atoms with van der Waals surface area (Å²) in [7, 11) is 0. The van der Waals surface area contributed by atoms with Gasteiger partial charge in [-0.05, 0) is 43.9 Å². The molecule has 0 saturated heterocycles. The summed E-state index contributed by atoms with van der Waals surface area (Å²) in [6.07, 6.45) is 6.48. The van der Waals surface area contributed by atoms with Gasteiger partial charge < -0.3 is 11.5 Å². The van der Waals surface area contributed by atoms with Gasteiger partial charge in [0.1, 0.15) is 0 Å². The quantitative estimate of drug-likeness (QED) is 0.631. The Morgan fingerprint density at radius 3 is 1.12 bits per heavy atom. The summed E-state index contributed by atoms with van der Waals surface area (Å²) in [5, 5.41) is 0. The van der Waals surface area contributed by atoms with Crippen LogP contribution in [0.4, 0.5) is 0 Å². The Hall–Kier alpha value is -0.0800. The molecule has 0 bridgehead atoms. The molecule has 0 aromatic heterocycles. The molecule has 0 rings (SSSR count). The second-order valence-corrected chi connectivity index (χ2v) is 5.52. The van der Waals surface area contributed by atoms with Crippen molar-refractivity contribution >= 4 is 0 Å². The van der Waals surface area contributed by atoms with E-state index in [0.717, 1.165) is 38.5 Å². The zero-order chi connectivity index (χ0) is 13.7. The molecule has 0 heterocycles. The molecule has 104 valence electrons. The van der Waals surface area contributed by atoms with Crippen molar-refractivity contribution in [2.75, 3.05) is 0 Å². The fourth-order valence-corrected chi connectivity index (χ4v) is 4.26. The lowest BCUT2D eigenvalue weighted by atomic mass is 9.51. The van der Waals surface area contributed by atoms with E-state index in [2.05, 4.69) is 41.5 Å². The molecule has 0 radical (unpaired) electrons. The van der Waals surface area contributed by atoms with Crippen LogP contribution < -0.4 is 11.5 Å². The van der Waals surface area contributed by atoms with Crippen LogP contribution in [0, 0.1) is 10.8 Å². The second kappa shape index (κ2) is 6.19. The molecule has 0 atom stereocenters. The Labute approximate surface area is 109 Å². The average molecular weight is 242 g/mol. The smallest absolute Gasteiger partial charge is 0.0696 e. The molecule has 0 aliphatic rings. The number of rotatable bonds is 8. The molecule has 0 saturated carbocycles. The van der Waals surface area contributed by atoms with E-state index >= 15 is 0 Å². The highest BCUT2D eigenvalue weighted by atomic mass is 15.0. The summed E-state index contributed by atoms with van der Waals surface area (Å²) in [6.45, 7) is 13.5. The van der Waals surface area contributed by atoms with Gasteiger partial charge in [0.05, 0.1) is 5.66 Å². The van der Waals surface area contributed by atoms with E-state index in [0.29, 0.717) is 0 Å². The third kappa shape index (κ3) is 2.39. The van der Waals surface area contributed by atoms with E-state index in [4.69, 9.17) is 11.5 Å². The molecule has 0 fully saturated rings. The normalized spacial score (nSPS) is 14.1. The van der Waals surface area contributed by atoms with E-state index in [9.17, 15) is 0 Å². The van der Waals surface area contributed by atoms with Crippen LogP contribution in [-0.2, 0) is 0 Å². The van der Waals surface area contributed by atoms with Gasteiger partial charge in [0, 0.05) is 5.41 Å². The minimum Gasteiger partial charge on any atom is -0.313 e. The first-order valence-corrected chi connectivity index (χ1v) is 7.44. The SMILES string of the molecule is CCC(N)(N)C(CC)(CC)C(CC)(CC)CC. The van der Waals surface area contributed by atoms with Gasteiger partial charge in [-0.1, -0.05) is 41.5 Å². The maximum atomic E-state index is 6.51. The van der Waals surface area contributed by atoms with Gasteiger partial charge in [-0.25, -0.2) is 0 Å². The lowest BCUT2D eigenvalue weighted by Crippen LogP contribution is -2.67. The molecule has 4 N–H and O–H groups in total. The van der Waals surface area contributed by atoms with Crippen LogP contribution in [0.1, 0.15) is 80.1 Å². The summed E-state index contributed by atoms with van der Waals surface area (Å²) in [5.74, 6) is 0. The fourth-order valence-electron chi connectivity index (χ4n) is 4.26. The lowest BCUT2D eigenvalue weighted by Gasteiger charge is -2.57. The molecule has 0 aromatic rings. The van der Waals surface area contributed by atoms with E-state index in [1.54, 1.807) is 0 Å². The van der Waals surface area contributed by atoms with Crippen LogP contribution in [0.25, 0.3) is 0 Å². The first-order chi connectivity index (χ1) is 7.86.